The number of aryl methyl sites for hydroxylation is 1. The molecule has 20 heavy (non-hydrogen) atoms. The van der Waals surface area contributed by atoms with Crippen molar-refractivity contribution in [3.63, 3.8) is 0 Å². The van der Waals surface area contributed by atoms with Crippen molar-refractivity contribution < 1.29 is 9.66 Å². The maximum Gasteiger partial charge on any atom is 0.312 e. The first-order valence-corrected chi connectivity index (χ1v) is 6.74. The Morgan fingerprint density at radius 3 is 2.70 bits per heavy atom. The molecule has 0 amide bonds. The van der Waals surface area contributed by atoms with Gasteiger partial charge in [-0.2, -0.15) is 5.10 Å². The first kappa shape index (κ1) is 14.5. The molecule has 1 heterocycles. The fourth-order valence-corrected chi connectivity index (χ4v) is 2.44. The zero-order valence-corrected chi connectivity index (χ0v) is 13.0. The smallest absolute Gasteiger partial charge is 0.312 e. The van der Waals surface area contributed by atoms with E-state index in [-0.39, 0.29) is 5.69 Å². The summed E-state index contributed by atoms with van der Waals surface area (Å²) in [7, 11) is 1.60. The van der Waals surface area contributed by atoms with Crippen LogP contribution in [-0.2, 0) is 6.54 Å². The first-order chi connectivity index (χ1) is 9.43. The Bertz CT molecular complexity index is 667. The third-order valence-corrected chi connectivity index (χ3v) is 3.87. The van der Waals surface area contributed by atoms with E-state index in [4.69, 9.17) is 4.74 Å². The van der Waals surface area contributed by atoms with E-state index in [9.17, 15) is 10.1 Å². The van der Waals surface area contributed by atoms with Crippen molar-refractivity contribution in [2.45, 2.75) is 20.4 Å². The van der Waals surface area contributed by atoms with E-state index < -0.39 is 4.92 Å². The lowest BCUT2D eigenvalue weighted by Gasteiger charge is -2.08. The number of methoxy groups -OCH3 is 1. The molecule has 0 bridgehead atoms. The minimum absolute atomic E-state index is 0.0732. The molecule has 7 heteroatoms. The van der Waals surface area contributed by atoms with Gasteiger partial charge < -0.3 is 4.74 Å². The van der Waals surface area contributed by atoms with Crippen LogP contribution in [0.5, 0.6) is 5.75 Å². The Balaban J connectivity index is 2.40. The molecule has 0 saturated heterocycles. The molecule has 0 spiro atoms. The Hall–Kier alpha value is -1.89. The van der Waals surface area contributed by atoms with Gasteiger partial charge in [-0.15, -0.1) is 0 Å². The van der Waals surface area contributed by atoms with Crippen molar-refractivity contribution in [1.82, 2.24) is 9.78 Å². The molecule has 0 saturated carbocycles. The van der Waals surface area contributed by atoms with Crippen LogP contribution in [0.25, 0.3) is 0 Å². The van der Waals surface area contributed by atoms with Gasteiger partial charge in [0.1, 0.15) is 17.1 Å². The summed E-state index contributed by atoms with van der Waals surface area (Å²) in [5.74, 6) is 0.735. The second-order valence-electron chi connectivity index (χ2n) is 4.39. The van der Waals surface area contributed by atoms with Crippen LogP contribution < -0.4 is 4.74 Å². The van der Waals surface area contributed by atoms with Crippen molar-refractivity contribution in [1.29, 1.82) is 0 Å². The molecular weight excluding hydrogens is 326 g/mol. The van der Waals surface area contributed by atoms with Crippen LogP contribution in [0.2, 0.25) is 0 Å². The molecule has 0 aliphatic carbocycles. The fraction of sp³-hybridized carbons (Fsp3) is 0.308. The van der Waals surface area contributed by atoms with Crippen LogP contribution in [0, 0.1) is 24.0 Å². The predicted octanol–water partition coefficient (Wildman–Crippen LogP) is 3.23. The van der Waals surface area contributed by atoms with Gasteiger partial charge in [0, 0.05) is 4.47 Å². The quantitative estimate of drug-likeness (QED) is 0.633. The van der Waals surface area contributed by atoms with E-state index in [2.05, 4.69) is 21.0 Å². The molecule has 0 fully saturated rings. The summed E-state index contributed by atoms with van der Waals surface area (Å²) in [6.07, 6.45) is 0. The Labute approximate surface area is 124 Å². The summed E-state index contributed by atoms with van der Waals surface area (Å²) < 4.78 is 7.73. The number of halogens is 1. The van der Waals surface area contributed by atoms with Crippen molar-refractivity contribution in [2.75, 3.05) is 7.11 Å². The molecule has 2 rings (SSSR count). The molecule has 0 N–H and O–H groups in total. The van der Waals surface area contributed by atoms with Gasteiger partial charge in [-0.1, -0.05) is 15.9 Å². The molecule has 0 radical (unpaired) electrons. The van der Waals surface area contributed by atoms with Crippen LogP contribution >= 0.6 is 15.9 Å². The van der Waals surface area contributed by atoms with Crippen LogP contribution in [0.3, 0.4) is 0 Å². The van der Waals surface area contributed by atoms with Crippen molar-refractivity contribution >= 4 is 21.6 Å². The third-order valence-electron chi connectivity index (χ3n) is 3.10. The number of nitro groups is 1. The number of hydrogen-bond acceptors (Lipinski definition) is 4. The monoisotopic (exact) mass is 339 g/mol. The number of rotatable bonds is 4. The second kappa shape index (κ2) is 5.62. The molecule has 6 nitrogen and oxygen atoms in total. The zero-order valence-electron chi connectivity index (χ0n) is 11.4. The number of benzene rings is 1. The van der Waals surface area contributed by atoms with Crippen LogP contribution in [0.15, 0.2) is 22.7 Å². The van der Waals surface area contributed by atoms with Crippen molar-refractivity contribution in [2.24, 2.45) is 0 Å². The molecule has 1 aromatic carbocycles. The largest absolute Gasteiger partial charge is 0.497 e. The number of aromatic nitrogens is 2. The fourth-order valence-electron chi connectivity index (χ4n) is 2.07. The first-order valence-electron chi connectivity index (χ1n) is 5.95. The summed E-state index contributed by atoms with van der Waals surface area (Å²) >= 11 is 3.47. The van der Waals surface area contributed by atoms with Crippen molar-refractivity contribution in [3.8, 4) is 5.75 Å². The van der Waals surface area contributed by atoms with Gasteiger partial charge in [-0.3, -0.25) is 14.8 Å². The third kappa shape index (κ3) is 2.67. The molecule has 0 atom stereocenters. The van der Waals surface area contributed by atoms with Crippen LogP contribution in [0.1, 0.15) is 17.0 Å². The molecule has 1 aromatic heterocycles. The van der Waals surface area contributed by atoms with Gasteiger partial charge in [0.05, 0.1) is 18.6 Å². The number of nitrogens with zero attached hydrogens (tertiary/aromatic N) is 3. The summed E-state index contributed by atoms with van der Waals surface area (Å²) in [6.45, 7) is 3.78. The number of hydrogen-bond donors (Lipinski definition) is 0. The van der Waals surface area contributed by atoms with Gasteiger partial charge in [0.25, 0.3) is 0 Å². The second-order valence-corrected chi connectivity index (χ2v) is 5.25. The Kier molecular flexibility index (Phi) is 4.08. The molecule has 0 unspecified atom stereocenters. The highest BCUT2D eigenvalue weighted by molar-refractivity contribution is 9.10. The minimum atomic E-state index is -0.394. The highest BCUT2D eigenvalue weighted by Gasteiger charge is 2.22. The molecule has 2 aromatic rings. The van der Waals surface area contributed by atoms with E-state index in [0.717, 1.165) is 15.8 Å². The summed E-state index contributed by atoms with van der Waals surface area (Å²) in [4.78, 5) is 10.6. The summed E-state index contributed by atoms with van der Waals surface area (Å²) in [5, 5.41) is 15.2. The lowest BCUT2D eigenvalue weighted by atomic mass is 10.2. The lowest BCUT2D eigenvalue weighted by Crippen LogP contribution is -2.05. The van der Waals surface area contributed by atoms with Gasteiger partial charge in [-0.25, -0.2) is 0 Å². The van der Waals surface area contributed by atoms with Gasteiger partial charge >= 0.3 is 5.69 Å². The topological polar surface area (TPSA) is 70.2 Å². The standard InChI is InChI=1S/C13H14BrN3O3/c1-8-13(17(18)19)9(2)16(15-8)7-10-6-11(20-3)4-5-12(10)14/h4-6H,7H2,1-3H3. The van der Waals surface area contributed by atoms with E-state index in [1.807, 2.05) is 18.2 Å². The normalized spacial score (nSPS) is 10.6. The van der Waals surface area contributed by atoms with E-state index in [1.54, 1.807) is 25.6 Å². The minimum Gasteiger partial charge on any atom is -0.497 e. The molecule has 0 aliphatic rings. The van der Waals surface area contributed by atoms with E-state index in [1.165, 1.54) is 0 Å². The maximum atomic E-state index is 11.0. The van der Waals surface area contributed by atoms with Gasteiger partial charge in [0.15, 0.2) is 0 Å². The van der Waals surface area contributed by atoms with Crippen LogP contribution in [0.4, 0.5) is 5.69 Å². The Morgan fingerprint density at radius 2 is 2.15 bits per heavy atom. The van der Waals surface area contributed by atoms with E-state index >= 15 is 0 Å². The Morgan fingerprint density at radius 1 is 1.45 bits per heavy atom. The molecule has 0 aliphatic heterocycles. The average molecular weight is 340 g/mol. The lowest BCUT2D eigenvalue weighted by molar-refractivity contribution is -0.386. The van der Waals surface area contributed by atoms with Gasteiger partial charge in [0.2, 0.25) is 0 Å². The van der Waals surface area contributed by atoms with Gasteiger partial charge in [-0.05, 0) is 37.6 Å². The summed E-state index contributed by atoms with van der Waals surface area (Å²) in [5.41, 5.74) is 1.99. The zero-order chi connectivity index (χ0) is 14.9. The van der Waals surface area contributed by atoms with Crippen molar-refractivity contribution in [3.05, 3.63) is 49.7 Å². The maximum absolute atomic E-state index is 11.0. The summed E-state index contributed by atoms with van der Waals surface area (Å²) in [6, 6.07) is 5.61. The van der Waals surface area contributed by atoms with E-state index in [0.29, 0.717) is 17.9 Å². The number of ether oxygens (including phenoxy) is 1. The molecular formula is C13H14BrN3O3. The predicted molar refractivity (Wildman–Crippen MR) is 78.2 cm³/mol. The SMILES string of the molecule is COc1ccc(Br)c(Cn2nc(C)c([N+](=O)[O-])c2C)c1. The molecule has 106 valence electrons. The van der Waals surface area contributed by atoms with Crippen LogP contribution in [-0.4, -0.2) is 21.8 Å². The highest BCUT2D eigenvalue weighted by Crippen LogP contribution is 2.26. The average Bonchev–Trinajstić information content (AvgIpc) is 2.67. The highest BCUT2D eigenvalue weighted by atomic mass is 79.9.